The van der Waals surface area contributed by atoms with Crippen molar-refractivity contribution in [3.8, 4) is 5.75 Å². The van der Waals surface area contributed by atoms with Crippen LogP contribution in [0.15, 0.2) is 66.7 Å². The maximum absolute atomic E-state index is 13.8. The molecule has 2 atom stereocenters. The zero-order valence-electron chi connectivity index (χ0n) is 20.9. The highest BCUT2D eigenvalue weighted by Crippen LogP contribution is 2.16. The third-order valence-electron chi connectivity index (χ3n) is 6.02. The number of ether oxygens (including phenoxy) is 1. The number of aliphatic hydroxyl groups excluding tert-OH is 1. The Morgan fingerprint density at radius 2 is 1.64 bits per heavy atom. The van der Waals surface area contributed by atoms with Gasteiger partial charge >= 0.3 is 0 Å². The summed E-state index contributed by atoms with van der Waals surface area (Å²) in [6, 6.07) is 17.8. The number of methoxy groups -OCH3 is 1. The average molecular weight is 497 g/mol. The molecule has 0 heterocycles. The van der Waals surface area contributed by atoms with Crippen LogP contribution in [-0.4, -0.2) is 36.8 Å². The second-order valence-electron chi connectivity index (χ2n) is 9.28. The van der Waals surface area contributed by atoms with Gasteiger partial charge in [-0.3, -0.25) is 4.79 Å². The number of aliphatic hydroxyl groups is 1. The highest BCUT2D eigenvalue weighted by molar-refractivity contribution is 5.79. The van der Waals surface area contributed by atoms with E-state index in [-0.39, 0.29) is 25.3 Å². The molecule has 0 radical (unpaired) electrons. The van der Waals surface area contributed by atoms with Crippen LogP contribution in [0, 0.1) is 11.6 Å². The van der Waals surface area contributed by atoms with Gasteiger partial charge in [-0.05, 0) is 58.9 Å². The fourth-order valence-electron chi connectivity index (χ4n) is 4.02. The SMILES string of the molecule is COc1cccc(CNC[C@@H](O)[C@@H](Cc2cc(F)cc(F)c2)NC(=O)Cc2ccc(C(C)C)cc2)c1. The Kier molecular flexibility index (Phi) is 9.96. The summed E-state index contributed by atoms with van der Waals surface area (Å²) in [5, 5.41) is 17.0. The summed E-state index contributed by atoms with van der Waals surface area (Å²) in [5.74, 6) is -0.559. The second-order valence-corrected chi connectivity index (χ2v) is 9.28. The Labute approximate surface area is 211 Å². The first-order chi connectivity index (χ1) is 17.2. The Balaban J connectivity index is 1.66. The Morgan fingerprint density at radius 3 is 2.28 bits per heavy atom. The number of halogens is 2. The average Bonchev–Trinajstić information content (AvgIpc) is 2.83. The molecule has 0 bridgehead atoms. The van der Waals surface area contributed by atoms with E-state index in [1.807, 2.05) is 48.5 Å². The quantitative estimate of drug-likeness (QED) is 0.345. The zero-order chi connectivity index (χ0) is 26.1. The van der Waals surface area contributed by atoms with Crippen molar-refractivity contribution in [2.24, 2.45) is 0 Å². The summed E-state index contributed by atoms with van der Waals surface area (Å²) in [7, 11) is 1.59. The van der Waals surface area contributed by atoms with Gasteiger partial charge in [0.05, 0.1) is 25.7 Å². The zero-order valence-corrected chi connectivity index (χ0v) is 20.9. The number of amides is 1. The first-order valence-corrected chi connectivity index (χ1v) is 12.1. The van der Waals surface area contributed by atoms with Crippen molar-refractivity contribution in [2.75, 3.05) is 13.7 Å². The molecule has 0 aliphatic carbocycles. The van der Waals surface area contributed by atoms with Crippen LogP contribution in [0.4, 0.5) is 8.78 Å². The molecule has 0 aliphatic heterocycles. The molecule has 0 spiro atoms. The molecule has 0 fully saturated rings. The van der Waals surface area contributed by atoms with Crippen molar-refractivity contribution in [1.82, 2.24) is 10.6 Å². The van der Waals surface area contributed by atoms with Crippen LogP contribution in [0.1, 0.15) is 42.0 Å². The van der Waals surface area contributed by atoms with E-state index >= 15 is 0 Å². The van der Waals surface area contributed by atoms with Gasteiger partial charge in [0.1, 0.15) is 17.4 Å². The molecule has 0 saturated heterocycles. The lowest BCUT2D eigenvalue weighted by molar-refractivity contribution is -0.122. The minimum absolute atomic E-state index is 0.0781. The van der Waals surface area contributed by atoms with Crippen molar-refractivity contribution < 1.29 is 23.4 Å². The van der Waals surface area contributed by atoms with Gasteiger partial charge in [-0.2, -0.15) is 0 Å². The molecule has 3 aromatic rings. The van der Waals surface area contributed by atoms with Gasteiger partial charge in [0.15, 0.2) is 0 Å². The maximum Gasteiger partial charge on any atom is 0.224 e. The number of hydrogen-bond donors (Lipinski definition) is 3. The fraction of sp³-hybridized carbons (Fsp3) is 0.345. The van der Waals surface area contributed by atoms with E-state index in [4.69, 9.17) is 4.74 Å². The lowest BCUT2D eigenvalue weighted by Gasteiger charge is -2.25. The van der Waals surface area contributed by atoms with Gasteiger partial charge in [0.25, 0.3) is 0 Å². The van der Waals surface area contributed by atoms with Gasteiger partial charge < -0.3 is 20.5 Å². The molecular formula is C29H34F2N2O3. The molecule has 0 saturated carbocycles. The molecule has 7 heteroatoms. The van der Waals surface area contributed by atoms with Crippen LogP contribution < -0.4 is 15.4 Å². The molecule has 0 aromatic heterocycles. The molecule has 192 valence electrons. The van der Waals surface area contributed by atoms with Crippen LogP contribution in [0.25, 0.3) is 0 Å². The standard InChI is InChI=1S/C29H34F2N2O3/c1-19(2)23-9-7-20(8-10-23)15-29(35)33-27(14-22-11-24(30)16-25(31)12-22)28(34)18-32-17-21-5-4-6-26(13-21)36-3/h4-13,16,19,27-28,32,34H,14-15,17-18H2,1-3H3,(H,33,35)/t27-,28-/m1/s1. The van der Waals surface area contributed by atoms with Gasteiger partial charge in [-0.25, -0.2) is 8.78 Å². The van der Waals surface area contributed by atoms with Gasteiger partial charge in [0.2, 0.25) is 5.91 Å². The number of hydrogen-bond acceptors (Lipinski definition) is 4. The molecule has 1 amide bonds. The minimum atomic E-state index is -0.991. The first-order valence-electron chi connectivity index (χ1n) is 12.1. The van der Waals surface area contributed by atoms with E-state index < -0.39 is 23.8 Å². The van der Waals surface area contributed by atoms with E-state index in [2.05, 4.69) is 24.5 Å². The summed E-state index contributed by atoms with van der Waals surface area (Å²) in [5.41, 5.74) is 3.35. The minimum Gasteiger partial charge on any atom is -0.497 e. The molecular weight excluding hydrogens is 462 g/mol. The first kappa shape index (κ1) is 27.3. The summed E-state index contributed by atoms with van der Waals surface area (Å²) < 4.78 is 32.7. The van der Waals surface area contributed by atoms with Crippen molar-refractivity contribution >= 4 is 5.91 Å². The van der Waals surface area contributed by atoms with Crippen LogP contribution in [0.3, 0.4) is 0 Å². The van der Waals surface area contributed by atoms with Crippen molar-refractivity contribution in [3.63, 3.8) is 0 Å². The number of rotatable bonds is 12. The van der Waals surface area contributed by atoms with Crippen molar-refractivity contribution in [3.05, 3.63) is 101 Å². The highest BCUT2D eigenvalue weighted by atomic mass is 19.1. The monoisotopic (exact) mass is 496 g/mol. The molecule has 36 heavy (non-hydrogen) atoms. The number of carbonyl (C=O) groups is 1. The largest absolute Gasteiger partial charge is 0.497 e. The molecule has 3 aromatic carbocycles. The lowest BCUT2D eigenvalue weighted by Crippen LogP contribution is -2.49. The van der Waals surface area contributed by atoms with Crippen molar-refractivity contribution in [1.29, 1.82) is 0 Å². The third-order valence-corrected chi connectivity index (χ3v) is 6.02. The lowest BCUT2D eigenvalue weighted by atomic mass is 9.99. The van der Waals surface area contributed by atoms with Crippen LogP contribution in [0.5, 0.6) is 5.75 Å². The predicted octanol–water partition coefficient (Wildman–Crippen LogP) is 4.52. The third kappa shape index (κ3) is 8.43. The summed E-state index contributed by atoms with van der Waals surface area (Å²) in [4.78, 5) is 12.8. The van der Waals surface area contributed by atoms with Crippen LogP contribution in [0.2, 0.25) is 0 Å². The summed E-state index contributed by atoms with van der Waals surface area (Å²) >= 11 is 0. The number of carbonyl (C=O) groups excluding carboxylic acids is 1. The summed E-state index contributed by atoms with van der Waals surface area (Å²) in [6.45, 7) is 4.85. The Hall–Kier alpha value is -3.29. The Morgan fingerprint density at radius 1 is 0.944 bits per heavy atom. The smallest absolute Gasteiger partial charge is 0.224 e. The van der Waals surface area contributed by atoms with Gasteiger partial charge in [-0.1, -0.05) is 50.2 Å². The molecule has 3 rings (SSSR count). The molecule has 0 unspecified atom stereocenters. The van der Waals surface area contributed by atoms with E-state index in [1.54, 1.807) is 7.11 Å². The van der Waals surface area contributed by atoms with Gasteiger partial charge in [-0.15, -0.1) is 0 Å². The van der Waals surface area contributed by atoms with E-state index in [0.717, 1.165) is 22.9 Å². The Bertz CT molecular complexity index is 1120. The van der Waals surface area contributed by atoms with E-state index in [0.29, 0.717) is 18.0 Å². The van der Waals surface area contributed by atoms with Gasteiger partial charge in [0, 0.05) is 19.2 Å². The normalized spacial score (nSPS) is 12.9. The highest BCUT2D eigenvalue weighted by Gasteiger charge is 2.22. The van der Waals surface area contributed by atoms with Crippen molar-refractivity contribution in [2.45, 2.75) is 51.3 Å². The topological polar surface area (TPSA) is 70.6 Å². The van der Waals surface area contributed by atoms with Crippen LogP contribution in [-0.2, 0) is 24.2 Å². The van der Waals surface area contributed by atoms with E-state index in [9.17, 15) is 18.7 Å². The molecule has 3 N–H and O–H groups in total. The number of nitrogens with one attached hydrogen (secondary N) is 2. The molecule has 0 aliphatic rings. The predicted molar refractivity (Wildman–Crippen MR) is 137 cm³/mol. The second kappa shape index (κ2) is 13.1. The molecule has 5 nitrogen and oxygen atoms in total. The van der Waals surface area contributed by atoms with E-state index in [1.165, 1.54) is 17.7 Å². The van der Waals surface area contributed by atoms with Crippen LogP contribution >= 0.6 is 0 Å². The summed E-state index contributed by atoms with van der Waals surface area (Å²) in [6.07, 6.45) is -0.778. The maximum atomic E-state index is 13.8. The number of benzene rings is 3. The fourth-order valence-corrected chi connectivity index (χ4v) is 4.02.